The molecule has 5 heteroatoms. The van der Waals surface area contributed by atoms with E-state index < -0.39 is 29.6 Å². The maximum Gasteiger partial charge on any atom is 0.331 e. The quantitative estimate of drug-likeness (QED) is 0.211. The number of carbonyl (C=O) groups excluding carboxylic acids is 1. The Bertz CT molecular complexity index is 1320. The van der Waals surface area contributed by atoms with Gasteiger partial charge in [-0.05, 0) is 109 Å². The highest BCUT2D eigenvalue weighted by Crippen LogP contribution is 2.72. The fraction of sp³-hybridized carbons (Fsp3) is 0.684. The van der Waals surface area contributed by atoms with Gasteiger partial charge in [-0.2, -0.15) is 0 Å². The van der Waals surface area contributed by atoms with Crippen LogP contribution in [0.1, 0.15) is 105 Å². The molecule has 0 saturated heterocycles. The van der Waals surface area contributed by atoms with Crippen molar-refractivity contribution in [3.63, 3.8) is 0 Å². The molecule has 2 N–H and O–H groups in total. The Hall–Kier alpha value is -2.40. The maximum absolute atomic E-state index is 13.0. The van der Waals surface area contributed by atoms with Crippen LogP contribution in [0.25, 0.3) is 6.08 Å². The first kappa shape index (κ1) is 30.6. The number of carboxylic acids is 1. The molecule has 1 aromatic carbocycles. The highest BCUT2D eigenvalue weighted by molar-refractivity contribution is 5.87. The molecule has 234 valence electrons. The van der Waals surface area contributed by atoms with Crippen molar-refractivity contribution in [2.45, 2.75) is 112 Å². The molecule has 5 aliphatic carbocycles. The van der Waals surface area contributed by atoms with Crippen LogP contribution in [0.5, 0.6) is 0 Å². The predicted molar refractivity (Wildman–Crippen MR) is 169 cm³/mol. The minimum Gasteiger partial charge on any atom is -0.481 e. The first-order valence-electron chi connectivity index (χ1n) is 16.7. The Labute approximate surface area is 258 Å². The normalized spacial score (nSPS) is 42.9. The van der Waals surface area contributed by atoms with Crippen molar-refractivity contribution in [1.29, 1.82) is 0 Å². The standard InChI is InChI=1S/C38H52O5/c1-34(2)20-21-38(33(41)42)19-16-26-25(27(38)22-34)13-14-30-36(26,5)18-17-29-35(3,4)32(28(39)23-37(29,30)6)43-31(40)15-12-24-10-8-7-9-11-24/h7-13,15,26-30,32,39H,14,16-23H2,1-6H3,(H,41,42). The molecule has 1 aromatic rings. The van der Waals surface area contributed by atoms with E-state index in [-0.39, 0.29) is 27.6 Å². The summed E-state index contributed by atoms with van der Waals surface area (Å²) in [4.78, 5) is 25.8. The zero-order valence-corrected chi connectivity index (χ0v) is 27.1. The van der Waals surface area contributed by atoms with E-state index in [1.807, 2.05) is 30.3 Å². The van der Waals surface area contributed by atoms with Crippen LogP contribution in [-0.4, -0.2) is 34.4 Å². The lowest BCUT2D eigenvalue weighted by Gasteiger charge is -2.68. The molecular formula is C38H52O5. The molecule has 9 unspecified atom stereocenters. The molecule has 5 aliphatic rings. The molecule has 4 fully saturated rings. The van der Waals surface area contributed by atoms with Crippen LogP contribution in [0.2, 0.25) is 0 Å². The number of rotatable bonds is 4. The number of carboxylic acid groups (broad SMARTS) is 1. The highest BCUT2D eigenvalue weighted by Gasteiger charge is 2.67. The number of hydrogen-bond acceptors (Lipinski definition) is 4. The van der Waals surface area contributed by atoms with Crippen molar-refractivity contribution in [3.05, 3.63) is 53.6 Å². The Kier molecular flexibility index (Phi) is 7.35. The maximum atomic E-state index is 13.0. The number of benzene rings is 1. The molecule has 5 nitrogen and oxygen atoms in total. The smallest absolute Gasteiger partial charge is 0.331 e. The van der Waals surface area contributed by atoms with Gasteiger partial charge in [0.1, 0.15) is 6.10 Å². The largest absolute Gasteiger partial charge is 0.481 e. The summed E-state index contributed by atoms with van der Waals surface area (Å²) >= 11 is 0. The summed E-state index contributed by atoms with van der Waals surface area (Å²) in [7, 11) is 0. The molecule has 0 aliphatic heterocycles. The second kappa shape index (κ2) is 10.3. The molecule has 4 saturated carbocycles. The average molecular weight is 589 g/mol. The number of fused-ring (bicyclic) bond motifs is 7. The van der Waals surface area contributed by atoms with Crippen molar-refractivity contribution in [2.24, 2.45) is 50.7 Å². The van der Waals surface area contributed by atoms with Gasteiger partial charge >= 0.3 is 11.9 Å². The minimum absolute atomic E-state index is 0.0688. The molecular weight excluding hydrogens is 536 g/mol. The van der Waals surface area contributed by atoms with Gasteiger partial charge in [0.15, 0.2) is 0 Å². The Morgan fingerprint density at radius 3 is 2.28 bits per heavy atom. The SMILES string of the molecule is CC1(C)CCC2(C(=O)O)CCC3C(=CCC4C3(C)CCC3C(C)(C)C(OC(=O)C=Cc5ccccc5)C(O)CC34C)C2C1. The number of allylic oxidation sites excluding steroid dienone is 2. The van der Waals surface area contributed by atoms with E-state index in [4.69, 9.17) is 4.74 Å². The minimum atomic E-state index is -0.733. The lowest BCUT2D eigenvalue weighted by Crippen LogP contribution is -2.65. The van der Waals surface area contributed by atoms with Crippen LogP contribution < -0.4 is 0 Å². The van der Waals surface area contributed by atoms with Gasteiger partial charge in [0.05, 0.1) is 11.5 Å². The van der Waals surface area contributed by atoms with Gasteiger partial charge in [-0.3, -0.25) is 4.79 Å². The second-order valence-electron chi connectivity index (χ2n) is 16.8. The molecule has 0 amide bonds. The van der Waals surface area contributed by atoms with Gasteiger partial charge in [-0.15, -0.1) is 0 Å². The summed E-state index contributed by atoms with van der Waals surface area (Å²) in [5.74, 6) is 0.223. The third-order valence-electron chi connectivity index (χ3n) is 13.6. The summed E-state index contributed by atoms with van der Waals surface area (Å²) in [5, 5.41) is 22.2. The third-order valence-corrected chi connectivity index (χ3v) is 13.6. The monoisotopic (exact) mass is 588 g/mol. The topological polar surface area (TPSA) is 83.8 Å². The van der Waals surface area contributed by atoms with Crippen LogP contribution in [0.3, 0.4) is 0 Å². The van der Waals surface area contributed by atoms with E-state index in [1.165, 1.54) is 11.6 Å². The summed E-state index contributed by atoms with van der Waals surface area (Å²) in [6.07, 6.45) is 12.5. The summed E-state index contributed by atoms with van der Waals surface area (Å²) in [6.45, 7) is 13.9. The van der Waals surface area contributed by atoms with Crippen molar-refractivity contribution in [2.75, 3.05) is 0 Å². The number of aliphatic hydroxyl groups is 1. The van der Waals surface area contributed by atoms with Crippen molar-refractivity contribution in [1.82, 2.24) is 0 Å². The van der Waals surface area contributed by atoms with E-state index in [1.54, 1.807) is 6.08 Å². The lowest BCUT2D eigenvalue weighted by molar-refractivity contribution is -0.229. The van der Waals surface area contributed by atoms with E-state index >= 15 is 0 Å². The molecule has 6 rings (SSSR count). The van der Waals surface area contributed by atoms with Crippen molar-refractivity contribution < 1.29 is 24.5 Å². The van der Waals surface area contributed by atoms with Crippen LogP contribution in [0.15, 0.2) is 48.1 Å². The summed E-state index contributed by atoms with van der Waals surface area (Å²) < 4.78 is 6.05. The zero-order valence-electron chi connectivity index (χ0n) is 27.1. The number of aliphatic hydroxyl groups excluding tert-OH is 1. The zero-order chi connectivity index (χ0) is 31.0. The molecule has 0 bridgehead atoms. The van der Waals surface area contributed by atoms with Gasteiger partial charge < -0.3 is 14.9 Å². The highest BCUT2D eigenvalue weighted by atomic mass is 16.6. The number of esters is 1. The van der Waals surface area contributed by atoms with E-state index in [2.05, 4.69) is 47.6 Å². The van der Waals surface area contributed by atoms with Crippen molar-refractivity contribution >= 4 is 18.0 Å². The Morgan fingerprint density at radius 1 is 0.860 bits per heavy atom. The van der Waals surface area contributed by atoms with E-state index in [0.717, 1.165) is 56.9 Å². The Morgan fingerprint density at radius 2 is 1.58 bits per heavy atom. The molecule has 43 heavy (non-hydrogen) atoms. The molecule has 0 heterocycles. The number of aliphatic carboxylic acids is 1. The van der Waals surface area contributed by atoms with Gasteiger partial charge in [0.25, 0.3) is 0 Å². The average Bonchev–Trinajstić information content (AvgIpc) is 2.93. The number of hydrogen-bond donors (Lipinski definition) is 2. The van der Waals surface area contributed by atoms with Crippen LogP contribution in [0.4, 0.5) is 0 Å². The first-order valence-corrected chi connectivity index (χ1v) is 16.7. The van der Waals surface area contributed by atoms with Crippen LogP contribution in [0, 0.1) is 50.7 Å². The van der Waals surface area contributed by atoms with E-state index in [9.17, 15) is 19.8 Å². The predicted octanol–water partition coefficient (Wildman–Crippen LogP) is 8.08. The Balaban J connectivity index is 1.27. The lowest BCUT2D eigenvalue weighted by atomic mass is 9.37. The first-order chi connectivity index (χ1) is 20.1. The molecule has 0 radical (unpaired) electrons. The van der Waals surface area contributed by atoms with Crippen LogP contribution in [-0.2, 0) is 14.3 Å². The second-order valence-corrected chi connectivity index (χ2v) is 16.8. The van der Waals surface area contributed by atoms with Crippen molar-refractivity contribution in [3.8, 4) is 0 Å². The van der Waals surface area contributed by atoms with Gasteiger partial charge in [0.2, 0.25) is 0 Å². The van der Waals surface area contributed by atoms with Gasteiger partial charge in [-0.1, -0.05) is 83.5 Å². The van der Waals surface area contributed by atoms with E-state index in [0.29, 0.717) is 24.2 Å². The summed E-state index contributed by atoms with van der Waals surface area (Å²) in [6, 6.07) is 9.71. The van der Waals surface area contributed by atoms with Gasteiger partial charge in [0, 0.05) is 11.5 Å². The fourth-order valence-electron chi connectivity index (χ4n) is 11.5. The number of carbonyl (C=O) groups is 2. The van der Waals surface area contributed by atoms with Crippen LogP contribution >= 0.6 is 0 Å². The summed E-state index contributed by atoms with van der Waals surface area (Å²) in [5.41, 5.74) is 1.51. The molecule has 9 atom stereocenters. The van der Waals surface area contributed by atoms with Gasteiger partial charge in [-0.25, -0.2) is 4.79 Å². The fourth-order valence-corrected chi connectivity index (χ4v) is 11.5. The third kappa shape index (κ3) is 4.75. The molecule has 0 aromatic heterocycles. The molecule has 0 spiro atoms. The number of ether oxygens (including phenoxy) is 1.